The molecule has 198 valence electrons. The number of piperidine rings is 1. The van der Waals surface area contributed by atoms with Gasteiger partial charge in [-0.05, 0) is 76.7 Å². The van der Waals surface area contributed by atoms with Crippen molar-refractivity contribution in [1.82, 2.24) is 24.4 Å². The average Bonchev–Trinajstić information content (AvgIpc) is 3.58. The van der Waals surface area contributed by atoms with Gasteiger partial charge < -0.3 is 19.6 Å². The molecule has 1 aliphatic heterocycles. The number of sulfone groups is 1. The Morgan fingerprint density at radius 1 is 1.03 bits per heavy atom. The number of hydrogen-bond donors (Lipinski definition) is 2. The lowest BCUT2D eigenvalue weighted by molar-refractivity contribution is 0.103. The van der Waals surface area contributed by atoms with E-state index in [1.54, 1.807) is 43.5 Å². The van der Waals surface area contributed by atoms with Crippen molar-refractivity contribution in [2.24, 2.45) is 5.92 Å². The summed E-state index contributed by atoms with van der Waals surface area (Å²) in [6, 6.07) is 13.2. The van der Waals surface area contributed by atoms with Crippen molar-refractivity contribution < 1.29 is 13.5 Å². The van der Waals surface area contributed by atoms with E-state index in [-0.39, 0.29) is 21.9 Å². The maximum atomic E-state index is 13.7. The Hall–Kier alpha value is -3.26. The zero-order valence-corrected chi connectivity index (χ0v) is 22.2. The highest BCUT2D eigenvalue weighted by Gasteiger charge is 2.34. The van der Waals surface area contributed by atoms with Crippen molar-refractivity contribution in [3.63, 3.8) is 0 Å². The number of aromatic amines is 1. The first kappa shape index (κ1) is 25.0. The van der Waals surface area contributed by atoms with Crippen LogP contribution >= 0.6 is 0 Å². The highest BCUT2D eigenvalue weighted by molar-refractivity contribution is 7.91. The van der Waals surface area contributed by atoms with Crippen LogP contribution in [0.3, 0.4) is 0 Å². The predicted molar refractivity (Wildman–Crippen MR) is 143 cm³/mol. The van der Waals surface area contributed by atoms with Crippen molar-refractivity contribution in [3.05, 3.63) is 48.4 Å². The van der Waals surface area contributed by atoms with Gasteiger partial charge in [0.2, 0.25) is 9.84 Å². The highest BCUT2D eigenvalue weighted by Crippen LogP contribution is 2.40. The topological polar surface area (TPSA) is 128 Å². The van der Waals surface area contributed by atoms with Gasteiger partial charge in [0.15, 0.2) is 5.03 Å². The highest BCUT2D eigenvalue weighted by atomic mass is 32.2. The summed E-state index contributed by atoms with van der Waals surface area (Å²) < 4.78 is 29.5. The Morgan fingerprint density at radius 3 is 2.37 bits per heavy atom. The number of aliphatic hydroxyl groups is 1. The molecule has 38 heavy (non-hydrogen) atoms. The average molecular weight is 533 g/mol. The number of H-pyrrole nitrogens is 1. The smallest absolute Gasteiger partial charge is 0.226 e. The van der Waals surface area contributed by atoms with Crippen LogP contribution in [0.25, 0.3) is 22.1 Å². The second-order valence-corrected chi connectivity index (χ2v) is 12.5. The zero-order chi connectivity index (χ0) is 26.4. The Bertz CT molecular complexity index is 1600. The van der Waals surface area contributed by atoms with E-state index in [0.717, 1.165) is 57.0 Å². The van der Waals surface area contributed by atoms with Gasteiger partial charge in [-0.3, -0.25) is 0 Å². The number of aromatic nitrogens is 4. The number of benzene rings is 1. The summed E-state index contributed by atoms with van der Waals surface area (Å²) in [6.07, 6.45) is 6.60. The first-order valence-corrected chi connectivity index (χ1v) is 14.9. The van der Waals surface area contributed by atoms with Crippen LogP contribution in [0.2, 0.25) is 0 Å². The first-order chi connectivity index (χ1) is 18.4. The summed E-state index contributed by atoms with van der Waals surface area (Å²) >= 11 is 0. The Labute approximate surface area is 222 Å². The van der Waals surface area contributed by atoms with Crippen LogP contribution in [0.4, 0.5) is 0 Å². The molecule has 4 aromatic rings. The monoisotopic (exact) mass is 532 g/mol. The summed E-state index contributed by atoms with van der Waals surface area (Å²) in [5.74, 6) is 0.644. The molecule has 9 nitrogen and oxygen atoms in total. The maximum Gasteiger partial charge on any atom is 0.226 e. The van der Waals surface area contributed by atoms with Crippen molar-refractivity contribution in [1.29, 1.82) is 5.26 Å². The molecular weight excluding hydrogens is 500 g/mol. The van der Waals surface area contributed by atoms with E-state index in [9.17, 15) is 18.8 Å². The molecule has 1 saturated carbocycles. The lowest BCUT2D eigenvalue weighted by atomic mass is 9.87. The van der Waals surface area contributed by atoms with Gasteiger partial charge in [0, 0.05) is 29.6 Å². The quantitative estimate of drug-likeness (QED) is 0.387. The fourth-order valence-electron chi connectivity index (χ4n) is 6.29. The third kappa shape index (κ3) is 4.19. The third-order valence-corrected chi connectivity index (χ3v) is 9.96. The molecule has 0 amide bonds. The first-order valence-electron chi connectivity index (χ1n) is 13.4. The molecule has 1 aromatic carbocycles. The van der Waals surface area contributed by atoms with Gasteiger partial charge in [0.25, 0.3) is 0 Å². The molecule has 10 heteroatoms. The van der Waals surface area contributed by atoms with Gasteiger partial charge in [-0.1, -0.05) is 18.2 Å². The Balaban J connectivity index is 1.41. The molecule has 2 fully saturated rings. The van der Waals surface area contributed by atoms with Crippen LogP contribution in [-0.4, -0.2) is 57.1 Å². The van der Waals surface area contributed by atoms with E-state index in [2.05, 4.69) is 25.5 Å². The number of nitrogens with one attached hydrogen (secondary N) is 1. The number of rotatable bonds is 5. The van der Waals surface area contributed by atoms with Crippen LogP contribution in [0.15, 0.2) is 52.5 Å². The molecule has 1 saturated heterocycles. The number of nitrogens with zero attached hydrogens (tertiary/aromatic N) is 5. The van der Waals surface area contributed by atoms with Crippen molar-refractivity contribution in [3.8, 4) is 6.07 Å². The van der Waals surface area contributed by atoms with Crippen LogP contribution in [0.1, 0.15) is 63.4 Å². The molecule has 0 radical (unpaired) electrons. The van der Waals surface area contributed by atoms with Gasteiger partial charge in [-0.25, -0.2) is 18.4 Å². The summed E-state index contributed by atoms with van der Waals surface area (Å²) in [4.78, 5) is 15.1. The van der Waals surface area contributed by atoms with E-state index in [1.165, 1.54) is 0 Å². The number of likely N-dealkylation sites (tertiary alicyclic amines) is 1. The van der Waals surface area contributed by atoms with E-state index in [1.807, 2.05) is 6.07 Å². The fourth-order valence-corrected chi connectivity index (χ4v) is 7.64. The van der Waals surface area contributed by atoms with Gasteiger partial charge in [-0.2, -0.15) is 5.26 Å². The van der Waals surface area contributed by atoms with Crippen LogP contribution in [-0.2, 0) is 9.84 Å². The van der Waals surface area contributed by atoms with E-state index >= 15 is 0 Å². The normalized spacial score (nSPS) is 22.6. The van der Waals surface area contributed by atoms with E-state index < -0.39 is 15.9 Å². The number of imidazole rings is 1. The molecule has 1 atom stereocenters. The molecule has 2 aliphatic rings. The van der Waals surface area contributed by atoms with Crippen LogP contribution in [0, 0.1) is 17.2 Å². The van der Waals surface area contributed by atoms with E-state index in [0.29, 0.717) is 28.5 Å². The molecule has 3 aromatic heterocycles. The second kappa shape index (κ2) is 9.80. The summed E-state index contributed by atoms with van der Waals surface area (Å²) in [7, 11) is -3.94. The molecule has 1 aliphatic carbocycles. The standard InChI is InChI=1S/C28H32N6O3S/c1-18(35)27-31-24-25(34(27)21-9-7-20(8-10-21)33-15-12-19(17-29)13-16-33)23-11-14-30-26(23)32-28(24)38(36,37)22-5-3-2-4-6-22/h2-6,11,14,18-21,35H,7-10,12-13,15-16H2,1H3,(H,30,32)/t18-,20?,21?/m1/s1. The molecule has 4 heterocycles. The molecule has 6 rings (SSSR count). The van der Waals surface area contributed by atoms with Crippen LogP contribution < -0.4 is 0 Å². The molecule has 0 bridgehead atoms. The van der Waals surface area contributed by atoms with Crippen molar-refractivity contribution >= 4 is 31.9 Å². The van der Waals surface area contributed by atoms with Crippen LogP contribution in [0.5, 0.6) is 0 Å². The lowest BCUT2D eigenvalue weighted by Gasteiger charge is -2.40. The minimum Gasteiger partial charge on any atom is -0.385 e. The molecule has 2 N–H and O–H groups in total. The zero-order valence-electron chi connectivity index (χ0n) is 21.4. The summed E-state index contributed by atoms with van der Waals surface area (Å²) in [5, 5.41) is 20.7. The summed E-state index contributed by atoms with van der Waals surface area (Å²) in [6.45, 7) is 3.61. The molecular formula is C28H32N6O3S. The van der Waals surface area contributed by atoms with Gasteiger partial charge >= 0.3 is 0 Å². The SMILES string of the molecule is C[C@@H](O)c1nc2c(S(=O)(=O)c3ccccc3)nc3[nH]ccc3c2n1C1CCC(N2CCC(C#N)CC2)CC1. The number of fused-ring (bicyclic) bond motifs is 3. The number of hydrogen-bond acceptors (Lipinski definition) is 7. The van der Waals surface area contributed by atoms with Crippen molar-refractivity contribution in [2.75, 3.05) is 13.1 Å². The number of nitriles is 1. The molecule has 0 unspecified atom stereocenters. The predicted octanol–water partition coefficient (Wildman–Crippen LogP) is 4.52. The second-order valence-electron chi connectivity index (χ2n) is 10.6. The van der Waals surface area contributed by atoms with Gasteiger partial charge in [0.1, 0.15) is 23.1 Å². The largest absolute Gasteiger partial charge is 0.385 e. The minimum atomic E-state index is -3.94. The van der Waals surface area contributed by atoms with Gasteiger partial charge in [-0.15, -0.1) is 0 Å². The number of aliphatic hydroxyl groups excluding tert-OH is 1. The van der Waals surface area contributed by atoms with E-state index in [4.69, 9.17) is 4.98 Å². The minimum absolute atomic E-state index is 0.0882. The lowest BCUT2D eigenvalue weighted by Crippen LogP contribution is -2.43. The third-order valence-electron chi connectivity index (χ3n) is 8.28. The maximum absolute atomic E-state index is 13.7. The number of pyridine rings is 1. The van der Waals surface area contributed by atoms with Crippen molar-refractivity contribution in [2.45, 2.75) is 73.6 Å². The fraction of sp³-hybridized carbons (Fsp3) is 0.464. The summed E-state index contributed by atoms with van der Waals surface area (Å²) in [5.41, 5.74) is 1.50. The Kier molecular flexibility index (Phi) is 6.46. The van der Waals surface area contributed by atoms with Gasteiger partial charge in [0.05, 0.1) is 16.5 Å². The Morgan fingerprint density at radius 2 is 1.71 bits per heavy atom. The molecule has 0 spiro atoms.